The lowest BCUT2D eigenvalue weighted by atomic mass is 10.2. The van der Waals surface area contributed by atoms with Crippen molar-refractivity contribution in [3.8, 4) is 0 Å². The molecule has 0 rings (SSSR count). The average molecular weight is 190 g/mol. The zero-order valence-electron chi connectivity index (χ0n) is 9.58. The summed E-state index contributed by atoms with van der Waals surface area (Å²) in [5, 5.41) is 0. The molecule has 0 aliphatic heterocycles. The van der Waals surface area contributed by atoms with E-state index in [1.54, 1.807) is 0 Å². The maximum Gasteiger partial charge on any atom is 0.0955 e. The van der Waals surface area contributed by atoms with Crippen molar-refractivity contribution in [1.29, 1.82) is 0 Å². The predicted octanol–water partition coefficient (Wildman–Crippen LogP) is 0.0569. The molecule has 0 amide bonds. The van der Waals surface area contributed by atoms with Crippen molar-refractivity contribution in [3.05, 3.63) is 0 Å². The fraction of sp³-hybridized carbons (Fsp3) is 1.00. The van der Waals surface area contributed by atoms with E-state index in [4.69, 9.17) is 11.7 Å². The summed E-state index contributed by atoms with van der Waals surface area (Å²) in [6.45, 7) is 2.08. The largest absolute Gasteiger partial charge is 0.253 e. The van der Waals surface area contributed by atoms with Crippen molar-refractivity contribution in [2.45, 2.75) is 19.3 Å². The van der Waals surface area contributed by atoms with Crippen LogP contribution in [0.1, 0.15) is 19.3 Å². The Kier molecular flexibility index (Phi) is 4.85. The highest BCUT2D eigenvalue weighted by molar-refractivity contribution is 4.39. The van der Waals surface area contributed by atoms with Crippen LogP contribution in [0.4, 0.5) is 0 Å². The number of quaternary nitrogens is 2. The summed E-state index contributed by atoms with van der Waals surface area (Å²) in [5.41, 5.74) is 0. The van der Waals surface area contributed by atoms with Crippen LogP contribution in [0.2, 0.25) is 0 Å². The van der Waals surface area contributed by atoms with Crippen molar-refractivity contribution < 1.29 is 9.18 Å². The van der Waals surface area contributed by atoms with E-state index in [-0.39, 0.29) is 0 Å². The second-order valence-electron chi connectivity index (χ2n) is 5.07. The molecule has 0 aromatic heterocycles. The Hall–Kier alpha value is -0.160. The SMILES string of the molecule is C[N+](C)(N)CCCCC[N+](C)(C)N. The molecular weight excluding hydrogens is 164 g/mol. The summed E-state index contributed by atoms with van der Waals surface area (Å²) in [4.78, 5) is 0. The van der Waals surface area contributed by atoms with Gasteiger partial charge in [0.05, 0.1) is 41.3 Å². The van der Waals surface area contributed by atoms with Gasteiger partial charge < -0.3 is 0 Å². The van der Waals surface area contributed by atoms with E-state index < -0.39 is 0 Å². The van der Waals surface area contributed by atoms with E-state index in [0.717, 1.165) is 13.1 Å². The highest BCUT2D eigenvalue weighted by Crippen LogP contribution is 2.01. The molecular formula is C9H26N4+2. The number of unbranched alkanes of at least 4 members (excludes halogenated alkanes) is 2. The lowest BCUT2D eigenvalue weighted by Crippen LogP contribution is -2.48. The third-order valence-electron chi connectivity index (χ3n) is 1.97. The molecule has 4 nitrogen and oxygen atoms in total. The molecule has 0 spiro atoms. The summed E-state index contributed by atoms with van der Waals surface area (Å²) in [5.74, 6) is 11.6. The van der Waals surface area contributed by atoms with Crippen LogP contribution in [0.3, 0.4) is 0 Å². The smallest absolute Gasteiger partial charge is 0.0955 e. The minimum absolute atomic E-state index is 0.570. The van der Waals surface area contributed by atoms with Gasteiger partial charge >= 0.3 is 0 Å². The average Bonchev–Trinajstić information content (AvgIpc) is 1.81. The third-order valence-corrected chi connectivity index (χ3v) is 1.97. The topological polar surface area (TPSA) is 52.0 Å². The zero-order chi connectivity index (χ0) is 10.5. The number of rotatable bonds is 6. The fourth-order valence-electron chi connectivity index (χ4n) is 1.22. The van der Waals surface area contributed by atoms with Crippen molar-refractivity contribution in [2.24, 2.45) is 11.7 Å². The van der Waals surface area contributed by atoms with Crippen molar-refractivity contribution in [3.63, 3.8) is 0 Å². The van der Waals surface area contributed by atoms with Gasteiger partial charge in [-0.1, -0.05) is 0 Å². The van der Waals surface area contributed by atoms with Gasteiger partial charge in [-0.25, -0.2) is 0 Å². The van der Waals surface area contributed by atoms with Gasteiger partial charge in [0.1, 0.15) is 0 Å². The van der Waals surface area contributed by atoms with E-state index in [0.29, 0.717) is 9.18 Å². The van der Waals surface area contributed by atoms with Crippen LogP contribution in [-0.4, -0.2) is 50.5 Å². The first-order valence-electron chi connectivity index (χ1n) is 4.94. The molecule has 0 bridgehead atoms. The van der Waals surface area contributed by atoms with Crippen molar-refractivity contribution >= 4 is 0 Å². The van der Waals surface area contributed by atoms with Crippen molar-refractivity contribution in [2.75, 3.05) is 41.3 Å². The second kappa shape index (κ2) is 4.91. The van der Waals surface area contributed by atoms with E-state index in [1.165, 1.54) is 19.3 Å². The monoisotopic (exact) mass is 190 g/mol. The van der Waals surface area contributed by atoms with Crippen LogP contribution in [-0.2, 0) is 0 Å². The van der Waals surface area contributed by atoms with Gasteiger partial charge in [-0.05, 0) is 19.3 Å². The van der Waals surface area contributed by atoms with Crippen LogP contribution < -0.4 is 11.7 Å². The van der Waals surface area contributed by atoms with E-state index >= 15 is 0 Å². The first-order chi connectivity index (χ1) is 5.71. The van der Waals surface area contributed by atoms with Crippen LogP contribution in [0.25, 0.3) is 0 Å². The molecule has 0 aliphatic rings. The van der Waals surface area contributed by atoms with Crippen LogP contribution in [0, 0.1) is 0 Å². The molecule has 0 aromatic rings. The van der Waals surface area contributed by atoms with E-state index in [1.807, 2.05) is 28.2 Å². The molecule has 0 fully saturated rings. The number of hydrogen-bond acceptors (Lipinski definition) is 2. The molecule has 80 valence electrons. The maximum atomic E-state index is 5.81. The quantitative estimate of drug-likeness (QED) is 0.269. The first-order valence-corrected chi connectivity index (χ1v) is 4.94. The molecule has 0 aromatic carbocycles. The Labute approximate surface area is 82.2 Å². The molecule has 0 saturated carbocycles. The Balaban J connectivity index is 3.28. The minimum atomic E-state index is 0.570. The zero-order valence-corrected chi connectivity index (χ0v) is 9.58. The van der Waals surface area contributed by atoms with Gasteiger partial charge in [0.2, 0.25) is 0 Å². The van der Waals surface area contributed by atoms with E-state index in [2.05, 4.69) is 0 Å². The molecule has 0 saturated heterocycles. The van der Waals surface area contributed by atoms with Crippen LogP contribution in [0.5, 0.6) is 0 Å². The Morgan fingerprint density at radius 1 is 0.692 bits per heavy atom. The molecule has 0 radical (unpaired) electrons. The van der Waals surface area contributed by atoms with E-state index in [9.17, 15) is 0 Å². The van der Waals surface area contributed by atoms with Crippen LogP contribution >= 0.6 is 0 Å². The Morgan fingerprint density at radius 2 is 1.00 bits per heavy atom. The molecule has 4 heteroatoms. The first kappa shape index (κ1) is 12.8. The van der Waals surface area contributed by atoms with Crippen LogP contribution in [0.15, 0.2) is 0 Å². The highest BCUT2D eigenvalue weighted by atomic mass is 15.5. The molecule has 0 unspecified atom stereocenters. The minimum Gasteiger partial charge on any atom is -0.253 e. The lowest BCUT2D eigenvalue weighted by Gasteiger charge is -2.23. The molecule has 13 heavy (non-hydrogen) atoms. The van der Waals surface area contributed by atoms with Gasteiger partial charge in [0, 0.05) is 0 Å². The summed E-state index contributed by atoms with van der Waals surface area (Å²) in [7, 11) is 8.07. The normalized spacial score (nSPS) is 13.4. The number of nitrogens with two attached hydrogens (primary N) is 2. The molecule has 4 N–H and O–H groups in total. The number of nitrogens with zero attached hydrogens (tertiary/aromatic N) is 2. The maximum absolute atomic E-state index is 5.81. The summed E-state index contributed by atoms with van der Waals surface area (Å²) < 4.78 is 1.14. The van der Waals surface area contributed by atoms with Gasteiger partial charge in [-0.2, -0.15) is 11.7 Å². The second-order valence-corrected chi connectivity index (χ2v) is 5.07. The molecule has 0 atom stereocenters. The predicted molar refractivity (Wildman–Crippen MR) is 56.2 cm³/mol. The Morgan fingerprint density at radius 3 is 1.23 bits per heavy atom. The molecule has 0 aliphatic carbocycles. The summed E-state index contributed by atoms with van der Waals surface area (Å²) in [6, 6.07) is 0. The molecule has 0 heterocycles. The van der Waals surface area contributed by atoms with Gasteiger partial charge in [0.15, 0.2) is 0 Å². The fourth-order valence-corrected chi connectivity index (χ4v) is 1.22. The standard InChI is InChI=1S/C9H26N4/c1-12(2,10)8-6-5-7-9-13(3,4)11/h5-11H2,1-4H3/q+2. The lowest BCUT2D eigenvalue weighted by molar-refractivity contribution is -0.904. The van der Waals surface area contributed by atoms with Gasteiger partial charge in [-0.15, -0.1) is 0 Å². The third kappa shape index (κ3) is 11.8. The summed E-state index contributed by atoms with van der Waals surface area (Å²) in [6.07, 6.45) is 3.59. The number of hydrogen-bond donors (Lipinski definition) is 2. The van der Waals surface area contributed by atoms with Gasteiger partial charge in [0.25, 0.3) is 0 Å². The van der Waals surface area contributed by atoms with Crippen molar-refractivity contribution in [1.82, 2.24) is 0 Å². The van der Waals surface area contributed by atoms with Gasteiger partial charge in [-0.3, -0.25) is 9.18 Å². The Bertz CT molecular complexity index is 116. The summed E-state index contributed by atoms with van der Waals surface area (Å²) >= 11 is 0. The highest BCUT2D eigenvalue weighted by Gasteiger charge is 2.09.